The number of aliphatic hydroxyl groups excluding tert-OH is 1. The summed E-state index contributed by atoms with van der Waals surface area (Å²) in [5, 5.41) is 8.98. The molecule has 98 valence electrons. The lowest BCUT2D eigenvalue weighted by atomic mass is 9.98. The summed E-state index contributed by atoms with van der Waals surface area (Å²) < 4.78 is 0. The van der Waals surface area contributed by atoms with Crippen LogP contribution in [0, 0.1) is 0 Å². The third-order valence-electron chi connectivity index (χ3n) is 3.75. The summed E-state index contributed by atoms with van der Waals surface area (Å²) in [5.41, 5.74) is 3.17. The van der Waals surface area contributed by atoms with E-state index >= 15 is 0 Å². The molecule has 0 atom stereocenters. The van der Waals surface area contributed by atoms with Crippen molar-refractivity contribution in [3.8, 4) is 0 Å². The van der Waals surface area contributed by atoms with Crippen molar-refractivity contribution in [1.82, 2.24) is 4.90 Å². The third kappa shape index (κ3) is 1.79. The van der Waals surface area contributed by atoms with Gasteiger partial charge in [0.05, 0.1) is 18.7 Å². The van der Waals surface area contributed by atoms with Crippen LogP contribution in [0.5, 0.6) is 0 Å². The molecule has 3 rings (SSSR count). The summed E-state index contributed by atoms with van der Waals surface area (Å²) in [6.45, 7) is -0.119. The first-order valence-corrected chi connectivity index (χ1v) is 6.52. The molecule has 2 aliphatic rings. The topological polar surface area (TPSA) is 57.6 Å². The highest BCUT2D eigenvalue weighted by molar-refractivity contribution is 6.36. The minimum Gasteiger partial charge on any atom is -0.395 e. The van der Waals surface area contributed by atoms with Crippen molar-refractivity contribution in [2.24, 2.45) is 0 Å². The van der Waals surface area contributed by atoms with E-state index in [9.17, 15) is 9.59 Å². The number of carbonyl (C=O) groups excluding carboxylic acids is 2. The molecule has 0 fully saturated rings. The van der Waals surface area contributed by atoms with Gasteiger partial charge in [-0.25, -0.2) is 0 Å². The predicted molar refractivity (Wildman–Crippen MR) is 70.1 cm³/mol. The minimum absolute atomic E-state index is 0.0762. The van der Waals surface area contributed by atoms with Crippen LogP contribution in [0.15, 0.2) is 29.8 Å². The highest BCUT2D eigenvalue weighted by atomic mass is 16.3. The highest BCUT2D eigenvalue weighted by Gasteiger charge is 2.39. The van der Waals surface area contributed by atoms with E-state index in [1.807, 2.05) is 24.3 Å². The molecule has 1 aromatic carbocycles. The zero-order chi connectivity index (χ0) is 13.4. The normalized spacial score (nSPS) is 18.5. The van der Waals surface area contributed by atoms with Crippen LogP contribution in [0.3, 0.4) is 0 Å². The first-order valence-electron chi connectivity index (χ1n) is 6.52. The molecule has 1 aliphatic carbocycles. The molecule has 1 aromatic rings. The van der Waals surface area contributed by atoms with Gasteiger partial charge in [-0.3, -0.25) is 14.5 Å². The van der Waals surface area contributed by atoms with Crippen molar-refractivity contribution in [1.29, 1.82) is 0 Å². The summed E-state index contributed by atoms with van der Waals surface area (Å²) in [7, 11) is 0. The van der Waals surface area contributed by atoms with Crippen LogP contribution in [0.25, 0.3) is 5.57 Å². The van der Waals surface area contributed by atoms with Gasteiger partial charge in [0.1, 0.15) is 0 Å². The maximum absolute atomic E-state index is 12.4. The van der Waals surface area contributed by atoms with Crippen molar-refractivity contribution in [2.75, 3.05) is 13.2 Å². The zero-order valence-electron chi connectivity index (χ0n) is 10.6. The molecule has 0 unspecified atom stereocenters. The molecule has 19 heavy (non-hydrogen) atoms. The molecular formula is C15H15NO3. The number of rotatable bonds is 2. The van der Waals surface area contributed by atoms with Gasteiger partial charge in [-0.1, -0.05) is 24.3 Å². The second-order valence-electron chi connectivity index (χ2n) is 4.85. The summed E-state index contributed by atoms with van der Waals surface area (Å²) >= 11 is 0. The van der Waals surface area contributed by atoms with Gasteiger partial charge in [-0.05, 0) is 30.4 Å². The van der Waals surface area contributed by atoms with Crippen molar-refractivity contribution < 1.29 is 14.7 Å². The number of aryl methyl sites for hydroxylation is 1. The van der Waals surface area contributed by atoms with Crippen LogP contribution in [0.2, 0.25) is 0 Å². The van der Waals surface area contributed by atoms with E-state index in [1.54, 1.807) is 0 Å². The molecule has 0 radical (unpaired) electrons. The molecule has 4 heteroatoms. The lowest BCUT2D eigenvalue weighted by Crippen LogP contribution is -2.34. The lowest BCUT2D eigenvalue weighted by Gasteiger charge is -2.14. The van der Waals surface area contributed by atoms with Gasteiger partial charge in [0.25, 0.3) is 11.8 Å². The Morgan fingerprint density at radius 2 is 1.89 bits per heavy atom. The van der Waals surface area contributed by atoms with Crippen LogP contribution < -0.4 is 0 Å². The SMILES string of the molecule is O=C1C2=C(C(=O)N1CCO)c1ccccc1CCC2. The number of fused-ring (bicyclic) bond motifs is 2. The summed E-state index contributed by atoms with van der Waals surface area (Å²) in [6.07, 6.45) is 2.40. The smallest absolute Gasteiger partial charge is 0.261 e. The fourth-order valence-corrected chi connectivity index (χ4v) is 2.88. The van der Waals surface area contributed by atoms with Gasteiger partial charge in [0.15, 0.2) is 0 Å². The van der Waals surface area contributed by atoms with Crippen LogP contribution in [0.4, 0.5) is 0 Å². The minimum atomic E-state index is -0.261. The van der Waals surface area contributed by atoms with Crippen molar-refractivity contribution in [3.63, 3.8) is 0 Å². The number of hydrogen-bond acceptors (Lipinski definition) is 3. The third-order valence-corrected chi connectivity index (χ3v) is 3.75. The molecule has 2 amide bonds. The Morgan fingerprint density at radius 3 is 2.68 bits per heavy atom. The molecule has 1 heterocycles. The van der Waals surface area contributed by atoms with E-state index in [2.05, 4.69) is 0 Å². The monoisotopic (exact) mass is 257 g/mol. The van der Waals surface area contributed by atoms with E-state index in [0.29, 0.717) is 17.6 Å². The van der Waals surface area contributed by atoms with Crippen molar-refractivity contribution >= 4 is 17.4 Å². The molecule has 1 N–H and O–H groups in total. The Labute approximate surface area is 111 Å². The zero-order valence-corrected chi connectivity index (χ0v) is 10.6. The maximum atomic E-state index is 12.4. The van der Waals surface area contributed by atoms with Crippen LogP contribution in [0.1, 0.15) is 24.0 Å². The summed E-state index contributed by atoms with van der Waals surface area (Å²) in [6, 6.07) is 7.76. The van der Waals surface area contributed by atoms with Gasteiger partial charge in [-0.15, -0.1) is 0 Å². The Hall–Kier alpha value is -1.94. The quantitative estimate of drug-likeness (QED) is 0.808. The Balaban J connectivity index is 2.12. The molecule has 4 nitrogen and oxygen atoms in total. The average Bonchev–Trinajstić information content (AvgIpc) is 2.59. The second-order valence-corrected chi connectivity index (χ2v) is 4.85. The average molecular weight is 257 g/mol. The fraction of sp³-hybridized carbons (Fsp3) is 0.333. The standard InChI is InChI=1S/C15H15NO3/c17-9-8-16-14(18)12-7-3-5-10-4-1-2-6-11(10)13(12)15(16)19/h1-2,4,6,17H,3,5,7-9H2. The number of hydrogen-bond donors (Lipinski definition) is 1. The van der Waals surface area contributed by atoms with E-state index < -0.39 is 0 Å². The lowest BCUT2D eigenvalue weighted by molar-refractivity contribution is -0.137. The molecular weight excluding hydrogens is 242 g/mol. The highest BCUT2D eigenvalue weighted by Crippen LogP contribution is 2.36. The molecule has 0 saturated carbocycles. The number of nitrogens with zero attached hydrogens (tertiary/aromatic N) is 1. The molecule has 0 saturated heterocycles. The Bertz CT molecular complexity index is 589. The van der Waals surface area contributed by atoms with Gasteiger partial charge < -0.3 is 5.11 Å². The van der Waals surface area contributed by atoms with Gasteiger partial charge in [-0.2, -0.15) is 0 Å². The van der Waals surface area contributed by atoms with Crippen LogP contribution >= 0.6 is 0 Å². The molecule has 1 aliphatic heterocycles. The maximum Gasteiger partial charge on any atom is 0.261 e. The molecule has 0 bridgehead atoms. The number of benzene rings is 1. The number of β-amino-alcohol motifs (C(OH)–C–C–N with tert-alkyl or cyclic N) is 1. The second kappa shape index (κ2) is 4.63. The number of aliphatic hydroxyl groups is 1. The summed E-state index contributed by atoms with van der Waals surface area (Å²) in [4.78, 5) is 25.8. The number of carbonyl (C=O) groups is 2. The molecule has 0 aromatic heterocycles. The summed E-state index contributed by atoms with van der Waals surface area (Å²) in [5.74, 6) is -0.492. The van der Waals surface area contributed by atoms with E-state index in [1.165, 1.54) is 0 Å². The van der Waals surface area contributed by atoms with Gasteiger partial charge in [0, 0.05) is 5.57 Å². The van der Waals surface area contributed by atoms with E-state index in [-0.39, 0.29) is 25.0 Å². The van der Waals surface area contributed by atoms with Crippen molar-refractivity contribution in [3.05, 3.63) is 41.0 Å². The first-order chi connectivity index (χ1) is 9.24. The van der Waals surface area contributed by atoms with E-state index in [0.717, 1.165) is 28.9 Å². The first kappa shape index (κ1) is 12.1. The fourth-order valence-electron chi connectivity index (χ4n) is 2.88. The number of amides is 2. The van der Waals surface area contributed by atoms with Crippen molar-refractivity contribution in [2.45, 2.75) is 19.3 Å². The van der Waals surface area contributed by atoms with Gasteiger partial charge in [0.2, 0.25) is 0 Å². The largest absolute Gasteiger partial charge is 0.395 e. The molecule has 0 spiro atoms. The Morgan fingerprint density at radius 1 is 1.11 bits per heavy atom. The Kier molecular flexibility index (Phi) is 2.95. The van der Waals surface area contributed by atoms with Crippen LogP contribution in [-0.4, -0.2) is 35.0 Å². The predicted octanol–water partition coefficient (Wildman–Crippen LogP) is 1.14. The van der Waals surface area contributed by atoms with Gasteiger partial charge >= 0.3 is 0 Å². The van der Waals surface area contributed by atoms with Crippen LogP contribution in [-0.2, 0) is 16.0 Å². The van der Waals surface area contributed by atoms with E-state index in [4.69, 9.17) is 5.11 Å². The number of imide groups is 1.